The van der Waals surface area contributed by atoms with Crippen molar-refractivity contribution in [2.24, 2.45) is 0 Å². The summed E-state index contributed by atoms with van der Waals surface area (Å²) < 4.78 is 13.4. The van der Waals surface area contributed by atoms with Crippen molar-refractivity contribution in [2.45, 2.75) is 37.6 Å². The van der Waals surface area contributed by atoms with Crippen LogP contribution >= 0.6 is 23.4 Å². The number of imidazole rings is 1. The van der Waals surface area contributed by atoms with Crippen LogP contribution in [0.4, 0.5) is 5.69 Å². The maximum Gasteiger partial charge on any atom is 0.234 e. The molecule has 168 valence electrons. The number of benzene rings is 2. The first kappa shape index (κ1) is 22.7. The Morgan fingerprint density at radius 3 is 2.88 bits per heavy atom. The molecule has 32 heavy (non-hydrogen) atoms. The summed E-state index contributed by atoms with van der Waals surface area (Å²) in [6.45, 7) is 3.41. The van der Waals surface area contributed by atoms with Crippen LogP contribution in [0.5, 0.6) is 5.75 Å². The van der Waals surface area contributed by atoms with Crippen LogP contribution in [0.2, 0.25) is 5.02 Å². The van der Waals surface area contributed by atoms with Crippen molar-refractivity contribution >= 4 is 35.0 Å². The third-order valence-corrected chi connectivity index (χ3v) is 6.78. The zero-order chi connectivity index (χ0) is 22.5. The maximum atomic E-state index is 12.7. The number of rotatable bonds is 8. The van der Waals surface area contributed by atoms with Gasteiger partial charge in [0.1, 0.15) is 5.75 Å². The number of anilines is 1. The average Bonchev–Trinajstić information content (AvgIpc) is 3.46. The lowest BCUT2D eigenvalue weighted by molar-refractivity contribution is -0.113. The molecule has 1 saturated heterocycles. The Morgan fingerprint density at radius 1 is 1.34 bits per heavy atom. The van der Waals surface area contributed by atoms with Gasteiger partial charge >= 0.3 is 0 Å². The quantitative estimate of drug-likeness (QED) is 0.444. The van der Waals surface area contributed by atoms with Crippen molar-refractivity contribution < 1.29 is 14.3 Å². The van der Waals surface area contributed by atoms with Gasteiger partial charge in [0.25, 0.3) is 0 Å². The van der Waals surface area contributed by atoms with E-state index in [-0.39, 0.29) is 17.8 Å². The van der Waals surface area contributed by atoms with Gasteiger partial charge in [-0.2, -0.15) is 0 Å². The molecule has 1 N–H and O–H groups in total. The van der Waals surface area contributed by atoms with E-state index in [1.807, 2.05) is 37.4 Å². The number of methoxy groups -OCH3 is 1. The first-order chi connectivity index (χ1) is 15.5. The molecule has 6 nitrogen and oxygen atoms in total. The fourth-order valence-electron chi connectivity index (χ4n) is 3.73. The van der Waals surface area contributed by atoms with Crippen LogP contribution in [0.1, 0.15) is 18.4 Å². The van der Waals surface area contributed by atoms with Crippen molar-refractivity contribution in [3.8, 4) is 17.0 Å². The number of hydrogen-bond donors (Lipinski definition) is 1. The molecule has 1 aliphatic heterocycles. The monoisotopic (exact) mass is 471 g/mol. The molecule has 2 heterocycles. The fraction of sp³-hybridized carbons (Fsp3) is 0.333. The Balaban J connectivity index is 1.50. The minimum Gasteiger partial charge on any atom is -0.495 e. The zero-order valence-electron chi connectivity index (χ0n) is 18.1. The van der Waals surface area contributed by atoms with E-state index in [4.69, 9.17) is 21.1 Å². The van der Waals surface area contributed by atoms with E-state index in [1.165, 1.54) is 11.8 Å². The highest BCUT2D eigenvalue weighted by Crippen LogP contribution is 2.32. The van der Waals surface area contributed by atoms with Gasteiger partial charge < -0.3 is 19.4 Å². The lowest BCUT2D eigenvalue weighted by Crippen LogP contribution is -2.18. The van der Waals surface area contributed by atoms with Crippen LogP contribution in [0.3, 0.4) is 0 Å². The van der Waals surface area contributed by atoms with E-state index in [0.29, 0.717) is 16.5 Å². The molecule has 1 atom stereocenters. The Labute approximate surface area is 197 Å². The number of amides is 1. The van der Waals surface area contributed by atoms with E-state index in [9.17, 15) is 4.79 Å². The van der Waals surface area contributed by atoms with Crippen LogP contribution in [0, 0.1) is 6.92 Å². The number of carbonyl (C=O) groups is 1. The largest absolute Gasteiger partial charge is 0.495 e. The van der Waals surface area contributed by atoms with Gasteiger partial charge in [-0.05, 0) is 37.0 Å². The van der Waals surface area contributed by atoms with Crippen molar-refractivity contribution in [1.29, 1.82) is 0 Å². The summed E-state index contributed by atoms with van der Waals surface area (Å²) in [4.78, 5) is 17.3. The minimum atomic E-state index is -0.136. The maximum absolute atomic E-state index is 12.7. The predicted octanol–water partition coefficient (Wildman–Crippen LogP) is 5.43. The van der Waals surface area contributed by atoms with E-state index >= 15 is 0 Å². The van der Waals surface area contributed by atoms with Gasteiger partial charge in [0.15, 0.2) is 5.16 Å². The number of aryl methyl sites for hydroxylation is 1. The highest BCUT2D eigenvalue weighted by atomic mass is 35.5. The third-order valence-electron chi connectivity index (χ3n) is 5.39. The normalized spacial score (nSPS) is 15.7. The van der Waals surface area contributed by atoms with Crippen molar-refractivity contribution in [3.63, 3.8) is 0 Å². The Kier molecular flexibility index (Phi) is 7.40. The van der Waals surface area contributed by atoms with Crippen molar-refractivity contribution in [2.75, 3.05) is 24.8 Å². The number of ether oxygens (including phenoxy) is 2. The third kappa shape index (κ3) is 5.28. The highest BCUT2D eigenvalue weighted by molar-refractivity contribution is 7.99. The molecule has 1 aromatic heterocycles. The number of nitrogens with one attached hydrogen (secondary N) is 1. The second-order valence-corrected chi connectivity index (χ2v) is 9.03. The van der Waals surface area contributed by atoms with Crippen LogP contribution in [-0.4, -0.2) is 41.0 Å². The van der Waals surface area contributed by atoms with Gasteiger partial charge in [-0.1, -0.05) is 53.7 Å². The standard InChI is InChI=1S/C24H26ClN3O3S/c1-16-11-20(22(30-2)12-19(16)25)27-23(29)15-32-24-26-13-21(17-7-4-3-5-8-17)28(24)14-18-9-6-10-31-18/h3-5,7-8,11-13,18H,6,9-10,14-15H2,1-2H3,(H,27,29). The Morgan fingerprint density at radius 2 is 2.16 bits per heavy atom. The SMILES string of the molecule is COc1cc(Cl)c(C)cc1NC(=O)CSc1ncc(-c2ccccc2)n1CC1CCCO1. The first-order valence-electron chi connectivity index (χ1n) is 10.5. The van der Waals surface area contributed by atoms with Crippen molar-refractivity contribution in [1.82, 2.24) is 9.55 Å². The summed E-state index contributed by atoms with van der Waals surface area (Å²) in [5.41, 5.74) is 3.59. The van der Waals surface area contributed by atoms with Gasteiger partial charge in [0.05, 0.1) is 43.1 Å². The number of thioether (sulfide) groups is 1. The van der Waals surface area contributed by atoms with Crippen LogP contribution < -0.4 is 10.1 Å². The molecule has 1 amide bonds. The van der Waals surface area contributed by atoms with Crippen LogP contribution in [0.15, 0.2) is 53.8 Å². The summed E-state index contributed by atoms with van der Waals surface area (Å²) in [6.07, 6.45) is 4.15. The van der Waals surface area contributed by atoms with Gasteiger partial charge in [-0.15, -0.1) is 0 Å². The summed E-state index contributed by atoms with van der Waals surface area (Å²) in [5, 5.41) is 4.32. The average molecular weight is 472 g/mol. The molecule has 8 heteroatoms. The smallest absolute Gasteiger partial charge is 0.234 e. The molecule has 0 aliphatic carbocycles. The molecule has 0 bridgehead atoms. The highest BCUT2D eigenvalue weighted by Gasteiger charge is 2.21. The molecule has 2 aromatic carbocycles. The van der Waals surface area contributed by atoms with Crippen LogP contribution in [0.25, 0.3) is 11.3 Å². The Hall–Kier alpha value is -2.48. The minimum absolute atomic E-state index is 0.136. The second-order valence-electron chi connectivity index (χ2n) is 7.68. The number of nitrogens with zero attached hydrogens (tertiary/aromatic N) is 2. The molecular formula is C24H26ClN3O3S. The predicted molar refractivity (Wildman–Crippen MR) is 129 cm³/mol. The van der Waals surface area contributed by atoms with Gasteiger partial charge in [0.2, 0.25) is 5.91 Å². The van der Waals surface area contributed by atoms with E-state index in [2.05, 4.69) is 27.0 Å². The van der Waals surface area contributed by atoms with Gasteiger partial charge in [-0.25, -0.2) is 4.98 Å². The zero-order valence-corrected chi connectivity index (χ0v) is 19.7. The van der Waals surface area contributed by atoms with E-state index in [0.717, 1.165) is 48.0 Å². The van der Waals surface area contributed by atoms with E-state index in [1.54, 1.807) is 13.2 Å². The summed E-state index contributed by atoms with van der Waals surface area (Å²) in [7, 11) is 1.55. The summed E-state index contributed by atoms with van der Waals surface area (Å²) in [6, 6.07) is 13.7. The van der Waals surface area contributed by atoms with Crippen LogP contribution in [-0.2, 0) is 16.1 Å². The molecule has 0 saturated carbocycles. The molecule has 0 radical (unpaired) electrons. The number of hydrogen-bond acceptors (Lipinski definition) is 5. The van der Waals surface area contributed by atoms with E-state index < -0.39 is 0 Å². The molecule has 1 unspecified atom stereocenters. The lowest BCUT2D eigenvalue weighted by Gasteiger charge is -2.16. The second kappa shape index (κ2) is 10.4. The van der Waals surface area contributed by atoms with Gasteiger partial charge in [-0.3, -0.25) is 4.79 Å². The number of aromatic nitrogens is 2. The topological polar surface area (TPSA) is 65.4 Å². The fourth-order valence-corrected chi connectivity index (χ4v) is 4.67. The summed E-state index contributed by atoms with van der Waals surface area (Å²) >= 11 is 7.58. The van der Waals surface area contributed by atoms with Crippen molar-refractivity contribution in [3.05, 3.63) is 59.2 Å². The molecular weight excluding hydrogens is 446 g/mol. The molecule has 1 fully saturated rings. The molecule has 3 aromatic rings. The Bertz CT molecular complexity index is 1080. The molecule has 4 rings (SSSR count). The number of halogens is 1. The number of carbonyl (C=O) groups excluding carboxylic acids is 1. The lowest BCUT2D eigenvalue weighted by atomic mass is 10.1. The van der Waals surface area contributed by atoms with Gasteiger partial charge in [0, 0.05) is 17.7 Å². The molecule has 0 spiro atoms. The first-order valence-corrected chi connectivity index (χ1v) is 11.9. The molecule has 1 aliphatic rings. The summed E-state index contributed by atoms with van der Waals surface area (Å²) in [5.74, 6) is 0.620.